The predicted octanol–water partition coefficient (Wildman–Crippen LogP) is 3.46. The second-order valence-corrected chi connectivity index (χ2v) is 3.54. The van der Waals surface area contributed by atoms with Crippen LogP contribution in [-0.4, -0.2) is 5.38 Å². The van der Waals surface area contributed by atoms with E-state index in [1.54, 1.807) is 0 Å². The quantitative estimate of drug-likeness (QED) is 0.497. The lowest BCUT2D eigenvalue weighted by Crippen LogP contribution is -1.97. The van der Waals surface area contributed by atoms with Crippen molar-refractivity contribution in [2.24, 2.45) is 0 Å². The maximum atomic E-state index is 5.98. The van der Waals surface area contributed by atoms with Crippen LogP contribution in [0.4, 0.5) is 0 Å². The molecule has 1 atom stereocenters. The molecule has 10 heavy (non-hydrogen) atoms. The van der Waals surface area contributed by atoms with Gasteiger partial charge in [0, 0.05) is 5.03 Å². The molecule has 0 heterocycles. The minimum atomic E-state index is 0.174. The molecule has 0 saturated carbocycles. The third-order valence-electron chi connectivity index (χ3n) is 1.66. The van der Waals surface area contributed by atoms with Crippen LogP contribution in [0.5, 0.6) is 0 Å². The van der Waals surface area contributed by atoms with Gasteiger partial charge >= 0.3 is 0 Å². The fourth-order valence-corrected chi connectivity index (χ4v) is 1.26. The average Bonchev–Trinajstić information content (AvgIpc) is 2.04. The van der Waals surface area contributed by atoms with Gasteiger partial charge in [-0.25, -0.2) is 0 Å². The van der Waals surface area contributed by atoms with Gasteiger partial charge in [-0.3, -0.25) is 0 Å². The monoisotopic (exact) mass is 176 g/mol. The summed E-state index contributed by atoms with van der Waals surface area (Å²) < 4.78 is 0. The molecule has 0 saturated heterocycles. The van der Waals surface area contributed by atoms with Crippen molar-refractivity contribution in [1.29, 1.82) is 0 Å². The highest BCUT2D eigenvalue weighted by atomic mass is 35.5. The summed E-state index contributed by atoms with van der Waals surface area (Å²) in [6, 6.07) is 0. The molecule has 56 valence electrons. The molecule has 1 unspecified atom stereocenters. The molecule has 1 aliphatic rings. The molecule has 1 aliphatic carbocycles. The summed E-state index contributed by atoms with van der Waals surface area (Å²) in [6.45, 7) is 2.03. The van der Waals surface area contributed by atoms with E-state index in [1.165, 1.54) is 5.57 Å². The van der Waals surface area contributed by atoms with E-state index in [0.29, 0.717) is 0 Å². The largest absolute Gasteiger partial charge is 0.118 e. The third kappa shape index (κ3) is 2.03. The Kier molecular flexibility index (Phi) is 2.82. The summed E-state index contributed by atoms with van der Waals surface area (Å²) >= 11 is 11.8. The predicted molar refractivity (Wildman–Crippen MR) is 46.6 cm³/mol. The van der Waals surface area contributed by atoms with Gasteiger partial charge in [0.15, 0.2) is 0 Å². The summed E-state index contributed by atoms with van der Waals surface area (Å²) in [4.78, 5) is 0. The number of allylic oxidation sites excluding steroid dienone is 4. The van der Waals surface area contributed by atoms with Crippen LogP contribution >= 0.6 is 23.2 Å². The molecule has 0 aromatic heterocycles. The molecule has 0 aliphatic heterocycles. The van der Waals surface area contributed by atoms with E-state index < -0.39 is 0 Å². The van der Waals surface area contributed by atoms with Crippen molar-refractivity contribution < 1.29 is 0 Å². The molecule has 0 spiro atoms. The van der Waals surface area contributed by atoms with E-state index in [-0.39, 0.29) is 5.38 Å². The van der Waals surface area contributed by atoms with Gasteiger partial charge in [-0.05, 0) is 25.8 Å². The number of hydrogen-bond donors (Lipinski definition) is 0. The number of alkyl halides is 1. The van der Waals surface area contributed by atoms with Crippen molar-refractivity contribution in [3.05, 3.63) is 22.8 Å². The molecule has 1 rings (SSSR count). The van der Waals surface area contributed by atoms with Crippen molar-refractivity contribution in [3.63, 3.8) is 0 Å². The molecule has 0 fully saturated rings. The Hall–Kier alpha value is 0.0600. The van der Waals surface area contributed by atoms with E-state index in [1.807, 2.05) is 19.1 Å². The second kappa shape index (κ2) is 3.45. The third-order valence-corrected chi connectivity index (χ3v) is 2.54. The minimum Gasteiger partial charge on any atom is -0.118 e. The summed E-state index contributed by atoms with van der Waals surface area (Å²) in [5.74, 6) is 0. The Morgan fingerprint density at radius 3 is 2.90 bits per heavy atom. The number of hydrogen-bond acceptors (Lipinski definition) is 0. The lowest BCUT2D eigenvalue weighted by molar-refractivity contribution is 0.841. The maximum absolute atomic E-state index is 5.98. The van der Waals surface area contributed by atoms with Crippen molar-refractivity contribution >= 4 is 23.2 Å². The van der Waals surface area contributed by atoms with E-state index in [9.17, 15) is 0 Å². The zero-order valence-corrected chi connectivity index (χ0v) is 7.41. The molecule has 0 nitrogen and oxygen atoms in total. The van der Waals surface area contributed by atoms with Crippen LogP contribution in [0.25, 0.3) is 0 Å². The molecule has 0 aromatic carbocycles. The first kappa shape index (κ1) is 8.16. The molecule has 2 heteroatoms. The summed E-state index contributed by atoms with van der Waals surface area (Å²) in [6.07, 6.45) is 5.79. The van der Waals surface area contributed by atoms with Crippen molar-refractivity contribution in [1.82, 2.24) is 0 Å². The number of halogens is 2. The maximum Gasteiger partial charge on any atom is 0.0549 e. The Morgan fingerprint density at radius 1 is 1.50 bits per heavy atom. The topological polar surface area (TPSA) is 0 Å². The normalized spacial score (nSPS) is 26.9. The van der Waals surface area contributed by atoms with Gasteiger partial charge in [0.25, 0.3) is 0 Å². The minimum absolute atomic E-state index is 0.174. The van der Waals surface area contributed by atoms with E-state index >= 15 is 0 Å². The summed E-state index contributed by atoms with van der Waals surface area (Å²) in [5.41, 5.74) is 1.21. The van der Waals surface area contributed by atoms with Gasteiger partial charge in [-0.15, -0.1) is 11.6 Å². The lowest BCUT2D eigenvalue weighted by atomic mass is 10.1. The first-order valence-electron chi connectivity index (χ1n) is 3.37. The van der Waals surface area contributed by atoms with Crippen LogP contribution in [-0.2, 0) is 0 Å². The van der Waals surface area contributed by atoms with Crippen molar-refractivity contribution in [2.45, 2.75) is 25.1 Å². The van der Waals surface area contributed by atoms with Gasteiger partial charge < -0.3 is 0 Å². The van der Waals surface area contributed by atoms with Crippen LogP contribution in [0, 0.1) is 0 Å². The fraction of sp³-hybridized carbons (Fsp3) is 0.500. The fourth-order valence-electron chi connectivity index (χ4n) is 0.902. The van der Waals surface area contributed by atoms with E-state index in [4.69, 9.17) is 23.2 Å². The zero-order valence-electron chi connectivity index (χ0n) is 5.90. The Labute approximate surface area is 71.5 Å². The van der Waals surface area contributed by atoms with Crippen LogP contribution in [0.3, 0.4) is 0 Å². The molecule has 0 bridgehead atoms. The van der Waals surface area contributed by atoms with Gasteiger partial charge in [0.2, 0.25) is 0 Å². The highest BCUT2D eigenvalue weighted by Crippen LogP contribution is 2.23. The lowest BCUT2D eigenvalue weighted by Gasteiger charge is -2.04. The van der Waals surface area contributed by atoms with Gasteiger partial charge in [0.05, 0.1) is 5.38 Å². The van der Waals surface area contributed by atoms with Crippen LogP contribution < -0.4 is 0 Å². The molecule has 0 N–H and O–H groups in total. The Morgan fingerprint density at radius 2 is 2.20 bits per heavy atom. The van der Waals surface area contributed by atoms with E-state index in [0.717, 1.165) is 17.9 Å². The molecule has 0 amide bonds. The van der Waals surface area contributed by atoms with Crippen molar-refractivity contribution in [2.75, 3.05) is 0 Å². The van der Waals surface area contributed by atoms with E-state index in [2.05, 4.69) is 0 Å². The second-order valence-electron chi connectivity index (χ2n) is 2.53. The number of rotatable bonds is 0. The Bertz CT molecular complexity index is 180. The summed E-state index contributed by atoms with van der Waals surface area (Å²) in [7, 11) is 0. The highest BCUT2D eigenvalue weighted by Gasteiger charge is 2.09. The van der Waals surface area contributed by atoms with Crippen LogP contribution in [0.1, 0.15) is 19.8 Å². The molecular weight excluding hydrogens is 167 g/mol. The summed E-state index contributed by atoms with van der Waals surface area (Å²) in [5, 5.41) is 1.08. The molecule has 0 radical (unpaired) electrons. The van der Waals surface area contributed by atoms with Crippen LogP contribution in [0.15, 0.2) is 22.8 Å². The standard InChI is InChI=1S/C8H10Cl2/c1-6-2-3-7(9)4-5-8(6)10/h2-3,8H,4-5H2,1H3. The Balaban J connectivity index is 2.70. The SMILES string of the molecule is CC1=CC=C(Cl)CCC1Cl. The first-order valence-corrected chi connectivity index (χ1v) is 4.18. The van der Waals surface area contributed by atoms with Gasteiger partial charge in [0.1, 0.15) is 0 Å². The van der Waals surface area contributed by atoms with Crippen molar-refractivity contribution in [3.8, 4) is 0 Å². The molecular formula is C8H10Cl2. The first-order chi connectivity index (χ1) is 4.70. The van der Waals surface area contributed by atoms with Gasteiger partial charge in [-0.2, -0.15) is 0 Å². The van der Waals surface area contributed by atoms with Crippen LogP contribution in [0.2, 0.25) is 0 Å². The zero-order chi connectivity index (χ0) is 7.56. The average molecular weight is 177 g/mol. The van der Waals surface area contributed by atoms with Gasteiger partial charge in [-0.1, -0.05) is 23.3 Å². The molecule has 0 aromatic rings. The smallest absolute Gasteiger partial charge is 0.0549 e. The highest BCUT2D eigenvalue weighted by molar-refractivity contribution is 6.30.